The van der Waals surface area contributed by atoms with Crippen LogP contribution < -0.4 is 0 Å². The Hall–Kier alpha value is -1.84. The van der Waals surface area contributed by atoms with Crippen LogP contribution in [0.5, 0.6) is 0 Å². The zero-order valence-electron chi connectivity index (χ0n) is 12.0. The summed E-state index contributed by atoms with van der Waals surface area (Å²) < 4.78 is 4.40. The second-order valence-corrected chi connectivity index (χ2v) is 4.86. The van der Waals surface area contributed by atoms with Crippen molar-refractivity contribution in [2.75, 3.05) is 20.7 Å². The molecule has 0 aliphatic rings. The molecule has 0 radical (unpaired) electrons. The fraction of sp³-hybridized carbons (Fsp3) is 0.467. The van der Waals surface area contributed by atoms with Gasteiger partial charge in [-0.3, -0.25) is 4.79 Å². The first-order valence-corrected chi connectivity index (χ1v) is 6.38. The third kappa shape index (κ3) is 4.39. The molecule has 1 aromatic rings. The van der Waals surface area contributed by atoms with Gasteiger partial charge in [0.1, 0.15) is 0 Å². The Morgan fingerprint density at radius 1 is 1.21 bits per heavy atom. The number of ether oxygens (including phenoxy) is 1. The molecule has 0 aliphatic heterocycles. The van der Waals surface area contributed by atoms with E-state index in [0.717, 1.165) is 12.0 Å². The first kappa shape index (κ1) is 15.2. The predicted molar refractivity (Wildman–Crippen MR) is 73.9 cm³/mol. The second-order valence-electron chi connectivity index (χ2n) is 4.86. The Bertz CT molecular complexity index is 437. The number of likely N-dealkylation sites (N-methyl/N-ethyl adjacent to an activating group) is 1. The topological polar surface area (TPSA) is 46.6 Å². The van der Waals surface area contributed by atoms with Gasteiger partial charge in [-0.2, -0.15) is 0 Å². The minimum atomic E-state index is -0.822. The minimum absolute atomic E-state index is 0.495. The van der Waals surface area contributed by atoms with Crippen molar-refractivity contribution < 1.29 is 14.3 Å². The van der Waals surface area contributed by atoms with E-state index in [1.54, 1.807) is 7.05 Å². The average molecular weight is 263 g/mol. The van der Waals surface area contributed by atoms with Crippen molar-refractivity contribution in [2.24, 2.45) is 0 Å². The summed E-state index contributed by atoms with van der Waals surface area (Å²) in [5, 5.41) is 0. The maximum absolute atomic E-state index is 11.5. The first-order chi connectivity index (χ1) is 8.95. The van der Waals surface area contributed by atoms with Crippen molar-refractivity contribution in [3.05, 3.63) is 35.4 Å². The molecule has 0 N–H and O–H groups in total. The third-order valence-corrected chi connectivity index (χ3v) is 3.09. The second kappa shape index (κ2) is 6.92. The molecule has 0 aliphatic carbocycles. The summed E-state index contributed by atoms with van der Waals surface area (Å²) in [6.45, 7) is 4.80. The summed E-state index contributed by atoms with van der Waals surface area (Å²) in [7, 11) is 2.81. The van der Waals surface area contributed by atoms with E-state index in [0.29, 0.717) is 12.5 Å². The van der Waals surface area contributed by atoms with Crippen molar-refractivity contribution in [2.45, 2.75) is 26.2 Å². The highest BCUT2D eigenvalue weighted by Gasteiger charge is 2.18. The van der Waals surface area contributed by atoms with Crippen LogP contribution in [0.3, 0.4) is 0 Å². The molecule has 0 atom stereocenters. The maximum atomic E-state index is 11.5. The van der Waals surface area contributed by atoms with Crippen molar-refractivity contribution in [1.29, 1.82) is 0 Å². The number of hydrogen-bond acceptors (Lipinski definition) is 3. The fourth-order valence-corrected chi connectivity index (χ4v) is 1.71. The maximum Gasteiger partial charge on any atom is 0.396 e. The smallest absolute Gasteiger partial charge is 0.396 e. The van der Waals surface area contributed by atoms with E-state index in [1.165, 1.54) is 17.6 Å². The SMILES string of the molecule is COC(=O)C(=O)N(C)CCc1ccc(C(C)C)cc1. The summed E-state index contributed by atoms with van der Waals surface area (Å²) in [6, 6.07) is 8.32. The van der Waals surface area contributed by atoms with Crippen LogP contribution in [0.15, 0.2) is 24.3 Å². The summed E-state index contributed by atoms with van der Waals surface area (Å²) in [5.41, 5.74) is 2.44. The van der Waals surface area contributed by atoms with Crippen LogP contribution >= 0.6 is 0 Å². The molecule has 1 rings (SSSR count). The van der Waals surface area contributed by atoms with Crippen molar-refractivity contribution in [1.82, 2.24) is 4.90 Å². The van der Waals surface area contributed by atoms with Gasteiger partial charge in [-0.05, 0) is 23.5 Å². The standard InChI is InChI=1S/C15H21NO3/c1-11(2)13-7-5-12(6-8-13)9-10-16(3)14(17)15(18)19-4/h5-8,11H,9-10H2,1-4H3. The van der Waals surface area contributed by atoms with Crippen molar-refractivity contribution in [3.8, 4) is 0 Å². The van der Waals surface area contributed by atoms with Gasteiger partial charge in [0.15, 0.2) is 0 Å². The zero-order chi connectivity index (χ0) is 14.4. The van der Waals surface area contributed by atoms with Gasteiger partial charge >= 0.3 is 11.9 Å². The Morgan fingerprint density at radius 3 is 2.26 bits per heavy atom. The largest absolute Gasteiger partial charge is 0.462 e. The number of nitrogens with zero attached hydrogens (tertiary/aromatic N) is 1. The van der Waals surface area contributed by atoms with Crippen molar-refractivity contribution >= 4 is 11.9 Å². The molecule has 1 amide bonds. The van der Waals surface area contributed by atoms with Gasteiger partial charge in [0.2, 0.25) is 0 Å². The van der Waals surface area contributed by atoms with Crippen LogP contribution in [0.2, 0.25) is 0 Å². The lowest BCUT2D eigenvalue weighted by molar-refractivity contribution is -0.157. The number of benzene rings is 1. The molecular weight excluding hydrogens is 242 g/mol. The summed E-state index contributed by atoms with van der Waals surface area (Å²) in [4.78, 5) is 23.9. The van der Waals surface area contributed by atoms with E-state index < -0.39 is 11.9 Å². The Balaban J connectivity index is 2.52. The summed E-state index contributed by atoms with van der Waals surface area (Å²) in [6.07, 6.45) is 0.720. The molecule has 0 aromatic heterocycles. The van der Waals surface area contributed by atoms with E-state index in [9.17, 15) is 9.59 Å². The molecule has 0 saturated carbocycles. The van der Waals surface area contributed by atoms with Crippen LogP contribution in [-0.4, -0.2) is 37.5 Å². The highest BCUT2D eigenvalue weighted by Crippen LogP contribution is 2.15. The van der Waals surface area contributed by atoms with Crippen LogP contribution in [0.4, 0.5) is 0 Å². The first-order valence-electron chi connectivity index (χ1n) is 6.38. The normalized spacial score (nSPS) is 10.4. The van der Waals surface area contributed by atoms with Crippen LogP contribution in [0.25, 0.3) is 0 Å². The predicted octanol–water partition coefficient (Wildman–Crippen LogP) is 1.98. The van der Waals surface area contributed by atoms with Gasteiger partial charge in [0.05, 0.1) is 7.11 Å². The highest BCUT2D eigenvalue weighted by atomic mass is 16.5. The van der Waals surface area contributed by atoms with E-state index in [-0.39, 0.29) is 0 Å². The average Bonchev–Trinajstić information content (AvgIpc) is 2.43. The molecule has 4 nitrogen and oxygen atoms in total. The molecule has 0 saturated heterocycles. The van der Waals surface area contributed by atoms with Crippen LogP contribution in [0, 0.1) is 0 Å². The number of methoxy groups -OCH3 is 1. The van der Waals surface area contributed by atoms with E-state index >= 15 is 0 Å². The molecule has 19 heavy (non-hydrogen) atoms. The molecule has 0 fully saturated rings. The Kier molecular flexibility index (Phi) is 5.55. The lowest BCUT2D eigenvalue weighted by Crippen LogP contribution is -2.35. The minimum Gasteiger partial charge on any atom is -0.462 e. The van der Waals surface area contributed by atoms with E-state index in [2.05, 4.69) is 42.8 Å². The number of hydrogen-bond donors (Lipinski definition) is 0. The number of amides is 1. The Labute approximate surface area is 114 Å². The van der Waals surface area contributed by atoms with E-state index in [1.807, 2.05) is 0 Å². The van der Waals surface area contributed by atoms with E-state index in [4.69, 9.17) is 0 Å². The molecular formula is C15H21NO3. The van der Waals surface area contributed by atoms with Crippen molar-refractivity contribution in [3.63, 3.8) is 0 Å². The monoisotopic (exact) mass is 263 g/mol. The molecule has 4 heteroatoms. The van der Waals surface area contributed by atoms with Gasteiger partial charge in [0, 0.05) is 13.6 Å². The summed E-state index contributed by atoms with van der Waals surface area (Å²) >= 11 is 0. The molecule has 1 aromatic carbocycles. The number of carbonyl (C=O) groups excluding carboxylic acids is 2. The number of rotatable bonds is 4. The molecule has 0 spiro atoms. The Morgan fingerprint density at radius 2 is 1.79 bits per heavy atom. The zero-order valence-corrected chi connectivity index (χ0v) is 12.0. The number of carbonyl (C=O) groups is 2. The van der Waals surface area contributed by atoms with Gasteiger partial charge in [-0.1, -0.05) is 38.1 Å². The van der Waals surface area contributed by atoms with Crippen LogP contribution in [-0.2, 0) is 20.7 Å². The van der Waals surface area contributed by atoms with Gasteiger partial charge < -0.3 is 9.64 Å². The van der Waals surface area contributed by atoms with Gasteiger partial charge in [-0.25, -0.2) is 4.79 Å². The van der Waals surface area contributed by atoms with Crippen LogP contribution in [0.1, 0.15) is 30.9 Å². The highest BCUT2D eigenvalue weighted by molar-refractivity contribution is 6.32. The number of esters is 1. The lowest BCUT2D eigenvalue weighted by Gasteiger charge is -2.15. The van der Waals surface area contributed by atoms with Gasteiger partial charge in [0.25, 0.3) is 0 Å². The molecule has 104 valence electrons. The third-order valence-electron chi connectivity index (χ3n) is 3.09. The van der Waals surface area contributed by atoms with Gasteiger partial charge in [-0.15, -0.1) is 0 Å². The molecule has 0 unspecified atom stereocenters. The molecule has 0 heterocycles. The molecule has 0 bridgehead atoms. The summed E-state index contributed by atoms with van der Waals surface area (Å²) in [5.74, 6) is -0.920. The lowest BCUT2D eigenvalue weighted by atomic mass is 10.0. The fourth-order valence-electron chi connectivity index (χ4n) is 1.71. The quantitative estimate of drug-likeness (QED) is 0.616.